The number of amides is 1. The van der Waals surface area contributed by atoms with Gasteiger partial charge in [0.05, 0.1) is 6.20 Å². The zero-order valence-corrected chi connectivity index (χ0v) is 17.2. The maximum Gasteiger partial charge on any atom is 0.270 e. The molecule has 1 unspecified atom stereocenters. The van der Waals surface area contributed by atoms with Crippen LogP contribution < -0.4 is 0 Å². The van der Waals surface area contributed by atoms with Gasteiger partial charge in [-0.15, -0.1) is 0 Å². The van der Waals surface area contributed by atoms with E-state index in [2.05, 4.69) is 25.1 Å². The molecular weight excluding hydrogens is 411 g/mol. The molecule has 4 aromatic rings. The van der Waals surface area contributed by atoms with Crippen molar-refractivity contribution in [2.75, 3.05) is 13.1 Å². The molecule has 1 fully saturated rings. The quantitative estimate of drug-likeness (QED) is 0.515. The van der Waals surface area contributed by atoms with Gasteiger partial charge in [0.1, 0.15) is 17.2 Å². The summed E-state index contributed by atoms with van der Waals surface area (Å²) >= 11 is 0. The van der Waals surface area contributed by atoms with Crippen molar-refractivity contribution in [3.63, 3.8) is 0 Å². The smallest absolute Gasteiger partial charge is 0.270 e. The predicted molar refractivity (Wildman–Crippen MR) is 114 cm³/mol. The molecule has 4 heterocycles. The Balaban J connectivity index is 1.24. The SMILES string of the molecule is O=C(c1cc(-c2ccc(F)cc2)c[nH]1)N1CCCC(Cc2nc(-c3cnccn3)no2)C1. The van der Waals surface area contributed by atoms with Crippen molar-refractivity contribution in [2.24, 2.45) is 5.92 Å². The normalized spacial score (nSPS) is 16.3. The summed E-state index contributed by atoms with van der Waals surface area (Å²) in [4.78, 5) is 30.6. The first-order valence-electron chi connectivity index (χ1n) is 10.5. The van der Waals surface area contributed by atoms with Gasteiger partial charge in [-0.05, 0) is 48.1 Å². The van der Waals surface area contributed by atoms with Gasteiger partial charge in [0.15, 0.2) is 0 Å². The molecule has 8 nitrogen and oxygen atoms in total. The molecule has 1 aromatic carbocycles. The Morgan fingerprint density at radius 1 is 1.22 bits per heavy atom. The van der Waals surface area contributed by atoms with Crippen LogP contribution in [0.5, 0.6) is 0 Å². The highest BCUT2D eigenvalue weighted by Gasteiger charge is 2.27. The van der Waals surface area contributed by atoms with E-state index >= 15 is 0 Å². The van der Waals surface area contributed by atoms with E-state index in [1.165, 1.54) is 12.1 Å². The summed E-state index contributed by atoms with van der Waals surface area (Å²) in [5, 5.41) is 3.99. The van der Waals surface area contributed by atoms with Crippen LogP contribution in [0.2, 0.25) is 0 Å². The minimum atomic E-state index is -0.287. The van der Waals surface area contributed by atoms with E-state index < -0.39 is 0 Å². The van der Waals surface area contributed by atoms with E-state index in [1.54, 1.807) is 36.9 Å². The Kier molecular flexibility index (Phi) is 5.45. The van der Waals surface area contributed by atoms with E-state index in [4.69, 9.17) is 4.52 Å². The van der Waals surface area contributed by atoms with Gasteiger partial charge in [-0.25, -0.2) is 9.37 Å². The fourth-order valence-corrected chi connectivity index (χ4v) is 4.02. The third-order valence-electron chi connectivity index (χ3n) is 5.62. The highest BCUT2D eigenvalue weighted by molar-refractivity contribution is 5.94. The highest BCUT2D eigenvalue weighted by atomic mass is 19.1. The van der Waals surface area contributed by atoms with Crippen LogP contribution in [0.15, 0.2) is 59.6 Å². The lowest BCUT2D eigenvalue weighted by Gasteiger charge is -2.31. The number of carbonyl (C=O) groups is 1. The van der Waals surface area contributed by atoms with Crippen molar-refractivity contribution in [1.29, 1.82) is 0 Å². The molecule has 32 heavy (non-hydrogen) atoms. The van der Waals surface area contributed by atoms with Crippen LogP contribution in [0.1, 0.15) is 29.2 Å². The first-order valence-corrected chi connectivity index (χ1v) is 10.5. The largest absolute Gasteiger partial charge is 0.357 e. The molecule has 9 heteroatoms. The number of H-pyrrole nitrogens is 1. The van der Waals surface area contributed by atoms with E-state index in [-0.39, 0.29) is 17.6 Å². The molecule has 1 saturated heterocycles. The molecule has 1 N–H and O–H groups in total. The minimum absolute atomic E-state index is 0.0474. The fourth-order valence-electron chi connectivity index (χ4n) is 4.02. The number of aromatic nitrogens is 5. The average molecular weight is 432 g/mol. The molecule has 5 rings (SSSR count). The van der Waals surface area contributed by atoms with Crippen LogP contribution in [-0.2, 0) is 6.42 Å². The minimum Gasteiger partial charge on any atom is -0.357 e. The van der Waals surface area contributed by atoms with Crippen LogP contribution in [0, 0.1) is 11.7 Å². The third kappa shape index (κ3) is 4.27. The Morgan fingerprint density at radius 2 is 2.09 bits per heavy atom. The molecule has 1 atom stereocenters. The standard InChI is InChI=1S/C23H21FN6O2/c24-18-5-3-16(4-6-18)17-11-19(27-12-17)23(31)30-9-1-2-15(14-30)10-21-28-22(29-32-21)20-13-25-7-8-26-20/h3-8,11-13,15,27H,1-2,9-10,14H2. The third-order valence-corrected chi connectivity index (χ3v) is 5.62. The van der Waals surface area contributed by atoms with E-state index in [0.717, 1.165) is 24.0 Å². The number of hydrogen-bond acceptors (Lipinski definition) is 6. The topological polar surface area (TPSA) is 101 Å². The Bertz CT molecular complexity index is 1200. The summed E-state index contributed by atoms with van der Waals surface area (Å²) in [5.41, 5.74) is 2.79. The Morgan fingerprint density at radius 3 is 2.91 bits per heavy atom. The molecule has 0 aliphatic carbocycles. The number of carbonyl (C=O) groups excluding carboxylic acids is 1. The Hall–Kier alpha value is -3.88. The molecule has 0 radical (unpaired) electrons. The second kappa shape index (κ2) is 8.70. The van der Waals surface area contributed by atoms with Gasteiger partial charge in [-0.3, -0.25) is 9.78 Å². The van der Waals surface area contributed by atoms with Gasteiger partial charge in [-0.2, -0.15) is 4.98 Å². The first kappa shape index (κ1) is 20.0. The zero-order valence-electron chi connectivity index (χ0n) is 17.2. The first-order chi connectivity index (χ1) is 15.7. The number of nitrogens with zero attached hydrogens (tertiary/aromatic N) is 5. The van der Waals surface area contributed by atoms with Crippen molar-refractivity contribution in [3.8, 4) is 22.6 Å². The number of halogens is 1. The van der Waals surface area contributed by atoms with Gasteiger partial charge < -0.3 is 14.4 Å². The number of hydrogen-bond donors (Lipinski definition) is 1. The second-order valence-electron chi connectivity index (χ2n) is 7.87. The van der Waals surface area contributed by atoms with Gasteiger partial charge in [0.25, 0.3) is 5.91 Å². The molecule has 3 aromatic heterocycles. The lowest BCUT2D eigenvalue weighted by atomic mass is 9.94. The van der Waals surface area contributed by atoms with Crippen LogP contribution in [-0.4, -0.2) is 49.0 Å². The molecule has 1 aliphatic rings. The van der Waals surface area contributed by atoms with Crippen molar-refractivity contribution in [3.05, 3.63) is 72.5 Å². The van der Waals surface area contributed by atoms with Crippen LogP contribution in [0.4, 0.5) is 4.39 Å². The highest BCUT2D eigenvalue weighted by Crippen LogP contribution is 2.25. The van der Waals surface area contributed by atoms with E-state index in [9.17, 15) is 9.18 Å². The van der Waals surface area contributed by atoms with E-state index in [1.807, 2.05) is 11.0 Å². The number of aromatic amines is 1. The Labute approximate surface area is 183 Å². The summed E-state index contributed by atoms with van der Waals surface area (Å²) in [5.74, 6) is 0.841. The van der Waals surface area contributed by atoms with Crippen LogP contribution in [0.3, 0.4) is 0 Å². The maximum atomic E-state index is 13.2. The van der Waals surface area contributed by atoms with Crippen molar-refractivity contribution in [2.45, 2.75) is 19.3 Å². The van der Waals surface area contributed by atoms with Gasteiger partial charge in [0, 0.05) is 38.1 Å². The number of benzene rings is 1. The molecule has 0 bridgehead atoms. The molecule has 162 valence electrons. The summed E-state index contributed by atoms with van der Waals surface area (Å²) in [7, 11) is 0. The number of piperidine rings is 1. The summed E-state index contributed by atoms with van der Waals surface area (Å²) in [6.07, 6.45) is 9.03. The number of nitrogens with one attached hydrogen (secondary N) is 1. The fraction of sp³-hybridized carbons (Fsp3) is 0.261. The van der Waals surface area contributed by atoms with Crippen LogP contribution in [0.25, 0.3) is 22.6 Å². The molecular formula is C23H21FN6O2. The number of likely N-dealkylation sites (tertiary alicyclic amines) is 1. The average Bonchev–Trinajstić information content (AvgIpc) is 3.50. The number of rotatable bonds is 5. The van der Waals surface area contributed by atoms with Crippen molar-refractivity contribution >= 4 is 5.91 Å². The molecule has 1 amide bonds. The summed E-state index contributed by atoms with van der Waals surface area (Å²) in [6, 6.07) is 8.02. The monoisotopic (exact) mass is 432 g/mol. The second-order valence-corrected chi connectivity index (χ2v) is 7.87. The lowest BCUT2D eigenvalue weighted by molar-refractivity contribution is 0.0663. The summed E-state index contributed by atoms with van der Waals surface area (Å²) < 4.78 is 18.6. The van der Waals surface area contributed by atoms with Crippen molar-refractivity contribution in [1.82, 2.24) is 30.0 Å². The maximum absolute atomic E-state index is 13.2. The zero-order chi connectivity index (χ0) is 21.9. The molecule has 1 aliphatic heterocycles. The van der Waals surface area contributed by atoms with Crippen molar-refractivity contribution < 1.29 is 13.7 Å². The van der Waals surface area contributed by atoms with Gasteiger partial charge in [-0.1, -0.05) is 17.3 Å². The van der Waals surface area contributed by atoms with Gasteiger partial charge in [0.2, 0.25) is 11.7 Å². The predicted octanol–water partition coefficient (Wildman–Crippen LogP) is 3.76. The van der Waals surface area contributed by atoms with Crippen LogP contribution >= 0.6 is 0 Å². The molecule has 0 saturated carbocycles. The van der Waals surface area contributed by atoms with E-state index in [0.29, 0.717) is 42.6 Å². The van der Waals surface area contributed by atoms with Gasteiger partial charge >= 0.3 is 0 Å². The summed E-state index contributed by atoms with van der Waals surface area (Å²) in [6.45, 7) is 1.32. The molecule has 0 spiro atoms. The lowest BCUT2D eigenvalue weighted by Crippen LogP contribution is -2.40.